The Morgan fingerprint density at radius 3 is 2.64 bits per heavy atom. The standard InChI is InChI=1S/C26H28F3NO3/c1-3-25(4-2)15-18(22-10-7-19(26(27,28)29)14-23(22)33-25)13-24(32)30-20-8-5-16-6-9-21(31)12-17(16)11-20/h5,7-8,10-11,13-14,21,31H,3-4,6,9,12,15H2,1-2H3,(H,30,32)/b18-13+. The molecule has 0 aromatic heterocycles. The number of aliphatic hydroxyl groups is 1. The number of anilines is 1. The first-order chi connectivity index (χ1) is 15.6. The number of hydrogen-bond acceptors (Lipinski definition) is 3. The molecular formula is C26H28F3NO3. The summed E-state index contributed by atoms with van der Waals surface area (Å²) in [7, 11) is 0. The van der Waals surface area contributed by atoms with Crippen molar-refractivity contribution >= 4 is 17.2 Å². The summed E-state index contributed by atoms with van der Waals surface area (Å²) in [6, 6.07) is 9.11. The van der Waals surface area contributed by atoms with Crippen molar-refractivity contribution in [2.24, 2.45) is 0 Å². The van der Waals surface area contributed by atoms with Gasteiger partial charge in [0.05, 0.1) is 11.7 Å². The first-order valence-electron chi connectivity index (χ1n) is 11.3. The van der Waals surface area contributed by atoms with E-state index in [9.17, 15) is 23.1 Å². The molecule has 0 spiro atoms. The van der Waals surface area contributed by atoms with Gasteiger partial charge in [-0.3, -0.25) is 4.79 Å². The number of aliphatic hydroxyl groups excluding tert-OH is 1. The highest BCUT2D eigenvalue weighted by molar-refractivity contribution is 6.04. The van der Waals surface area contributed by atoms with Crippen LogP contribution >= 0.6 is 0 Å². The number of carbonyl (C=O) groups excluding carboxylic acids is 1. The molecule has 0 saturated heterocycles. The Morgan fingerprint density at radius 1 is 1.18 bits per heavy atom. The van der Waals surface area contributed by atoms with E-state index in [0.717, 1.165) is 30.5 Å². The molecule has 1 heterocycles. The topological polar surface area (TPSA) is 58.6 Å². The van der Waals surface area contributed by atoms with Crippen molar-refractivity contribution in [1.29, 1.82) is 0 Å². The minimum absolute atomic E-state index is 0.154. The van der Waals surface area contributed by atoms with Crippen LogP contribution in [0.4, 0.5) is 18.9 Å². The molecule has 2 aromatic rings. The lowest BCUT2D eigenvalue weighted by atomic mass is 9.82. The zero-order chi connectivity index (χ0) is 23.8. The van der Waals surface area contributed by atoms with Crippen molar-refractivity contribution < 1.29 is 27.8 Å². The van der Waals surface area contributed by atoms with Gasteiger partial charge in [0.1, 0.15) is 11.4 Å². The molecule has 2 aromatic carbocycles. The Bertz CT molecular complexity index is 1090. The normalized spacial score (nSPS) is 20.5. The number of nitrogens with one attached hydrogen (secondary N) is 1. The van der Waals surface area contributed by atoms with E-state index in [0.29, 0.717) is 42.5 Å². The van der Waals surface area contributed by atoms with Gasteiger partial charge in [0, 0.05) is 23.7 Å². The molecule has 4 rings (SSSR count). The average molecular weight is 460 g/mol. The van der Waals surface area contributed by atoms with E-state index in [1.807, 2.05) is 32.0 Å². The van der Waals surface area contributed by atoms with Crippen LogP contribution < -0.4 is 10.1 Å². The fourth-order valence-electron chi connectivity index (χ4n) is 4.69. The zero-order valence-electron chi connectivity index (χ0n) is 18.8. The van der Waals surface area contributed by atoms with Gasteiger partial charge >= 0.3 is 6.18 Å². The van der Waals surface area contributed by atoms with E-state index in [-0.39, 0.29) is 17.8 Å². The van der Waals surface area contributed by atoms with E-state index >= 15 is 0 Å². The molecule has 33 heavy (non-hydrogen) atoms. The second kappa shape index (κ2) is 8.86. The number of ether oxygens (including phenoxy) is 1. The number of carbonyl (C=O) groups is 1. The molecule has 0 fully saturated rings. The predicted octanol–water partition coefficient (Wildman–Crippen LogP) is 5.92. The average Bonchev–Trinajstić information content (AvgIpc) is 2.77. The molecule has 0 saturated carbocycles. The van der Waals surface area contributed by atoms with Crippen LogP contribution in [-0.2, 0) is 23.8 Å². The molecule has 0 radical (unpaired) electrons. The lowest BCUT2D eigenvalue weighted by Gasteiger charge is -2.39. The van der Waals surface area contributed by atoms with Crippen LogP contribution in [0.1, 0.15) is 61.8 Å². The maximum Gasteiger partial charge on any atom is 0.416 e. The summed E-state index contributed by atoms with van der Waals surface area (Å²) in [4.78, 5) is 12.9. The first-order valence-corrected chi connectivity index (χ1v) is 11.3. The maximum absolute atomic E-state index is 13.3. The maximum atomic E-state index is 13.3. The van der Waals surface area contributed by atoms with Crippen molar-refractivity contribution in [1.82, 2.24) is 0 Å². The smallest absolute Gasteiger partial charge is 0.416 e. The molecule has 0 bridgehead atoms. The van der Waals surface area contributed by atoms with E-state index in [4.69, 9.17) is 4.74 Å². The molecule has 7 heteroatoms. The van der Waals surface area contributed by atoms with Crippen LogP contribution in [0, 0.1) is 0 Å². The van der Waals surface area contributed by atoms with Crippen LogP contribution in [0.15, 0.2) is 42.5 Å². The van der Waals surface area contributed by atoms with Crippen molar-refractivity contribution in [3.05, 3.63) is 64.7 Å². The van der Waals surface area contributed by atoms with Gasteiger partial charge < -0.3 is 15.2 Å². The Hall–Kier alpha value is -2.80. The number of alkyl halides is 3. The van der Waals surface area contributed by atoms with Gasteiger partial charge in [-0.15, -0.1) is 0 Å². The third-order valence-electron chi connectivity index (χ3n) is 6.76. The molecule has 2 N–H and O–H groups in total. The number of hydrogen-bond donors (Lipinski definition) is 2. The molecule has 1 unspecified atom stereocenters. The van der Waals surface area contributed by atoms with Gasteiger partial charge in [-0.2, -0.15) is 13.2 Å². The minimum Gasteiger partial charge on any atom is -0.486 e. The molecule has 1 aliphatic carbocycles. The Kier molecular flexibility index (Phi) is 6.27. The SMILES string of the molecule is CCC1(CC)C/C(=C\C(=O)Nc2ccc3c(c2)CC(O)CC3)c2ccc(C(F)(F)F)cc2O1. The summed E-state index contributed by atoms with van der Waals surface area (Å²) in [5.74, 6) is -0.197. The highest BCUT2D eigenvalue weighted by atomic mass is 19.4. The molecular weight excluding hydrogens is 431 g/mol. The van der Waals surface area contributed by atoms with Gasteiger partial charge in [-0.1, -0.05) is 26.0 Å². The Balaban J connectivity index is 1.64. The summed E-state index contributed by atoms with van der Waals surface area (Å²) < 4.78 is 45.8. The van der Waals surface area contributed by atoms with Crippen LogP contribution in [0.5, 0.6) is 5.75 Å². The molecule has 2 aliphatic rings. The van der Waals surface area contributed by atoms with E-state index in [1.54, 1.807) is 0 Å². The largest absolute Gasteiger partial charge is 0.486 e. The summed E-state index contributed by atoms with van der Waals surface area (Å²) in [6.07, 6.45) is 0.352. The highest BCUT2D eigenvalue weighted by Gasteiger charge is 2.38. The van der Waals surface area contributed by atoms with Crippen LogP contribution in [-0.4, -0.2) is 22.7 Å². The van der Waals surface area contributed by atoms with Crippen LogP contribution in [0.3, 0.4) is 0 Å². The van der Waals surface area contributed by atoms with Crippen molar-refractivity contribution in [3.63, 3.8) is 0 Å². The second-order valence-electron chi connectivity index (χ2n) is 8.92. The van der Waals surface area contributed by atoms with Crippen molar-refractivity contribution in [2.45, 2.75) is 70.3 Å². The molecule has 1 amide bonds. The number of fused-ring (bicyclic) bond motifs is 2. The van der Waals surface area contributed by atoms with Crippen molar-refractivity contribution in [3.8, 4) is 5.75 Å². The Morgan fingerprint density at radius 2 is 1.94 bits per heavy atom. The molecule has 1 atom stereocenters. The van der Waals surface area contributed by atoms with Crippen LogP contribution in [0.2, 0.25) is 0 Å². The zero-order valence-corrected chi connectivity index (χ0v) is 18.8. The fraction of sp³-hybridized carbons (Fsp3) is 0.423. The van der Waals surface area contributed by atoms with E-state index in [1.165, 1.54) is 17.7 Å². The number of amides is 1. The number of halogens is 3. The summed E-state index contributed by atoms with van der Waals surface area (Å²) in [6.45, 7) is 3.86. The summed E-state index contributed by atoms with van der Waals surface area (Å²) in [5.41, 5.74) is 2.54. The Labute approximate surface area is 191 Å². The third-order valence-corrected chi connectivity index (χ3v) is 6.76. The van der Waals surface area contributed by atoms with E-state index in [2.05, 4.69) is 5.32 Å². The lowest BCUT2D eigenvalue weighted by molar-refractivity contribution is -0.137. The van der Waals surface area contributed by atoms with Gasteiger partial charge in [-0.05, 0) is 73.1 Å². The predicted molar refractivity (Wildman–Crippen MR) is 121 cm³/mol. The second-order valence-corrected chi connectivity index (χ2v) is 8.92. The number of benzene rings is 2. The number of aryl methyl sites for hydroxylation is 1. The van der Waals surface area contributed by atoms with Gasteiger partial charge in [0.15, 0.2) is 0 Å². The minimum atomic E-state index is -4.47. The number of rotatable bonds is 4. The summed E-state index contributed by atoms with van der Waals surface area (Å²) in [5, 5.41) is 12.8. The summed E-state index contributed by atoms with van der Waals surface area (Å²) >= 11 is 0. The molecule has 4 nitrogen and oxygen atoms in total. The van der Waals surface area contributed by atoms with Gasteiger partial charge in [0.25, 0.3) is 0 Å². The molecule has 176 valence electrons. The lowest BCUT2D eigenvalue weighted by Crippen LogP contribution is -2.38. The van der Waals surface area contributed by atoms with E-state index < -0.39 is 17.3 Å². The van der Waals surface area contributed by atoms with Crippen LogP contribution in [0.25, 0.3) is 5.57 Å². The van der Waals surface area contributed by atoms with Gasteiger partial charge in [-0.25, -0.2) is 0 Å². The van der Waals surface area contributed by atoms with Crippen molar-refractivity contribution in [2.75, 3.05) is 5.32 Å². The quantitative estimate of drug-likeness (QED) is 0.558. The van der Waals surface area contributed by atoms with Gasteiger partial charge in [0.2, 0.25) is 5.91 Å². The first kappa shape index (κ1) is 23.4. The molecule has 1 aliphatic heterocycles. The monoisotopic (exact) mass is 459 g/mol. The fourth-order valence-corrected chi connectivity index (χ4v) is 4.69. The third kappa shape index (κ3) is 4.93. The highest BCUT2D eigenvalue weighted by Crippen LogP contribution is 2.45.